The van der Waals surface area contributed by atoms with E-state index in [-0.39, 0.29) is 6.04 Å². The van der Waals surface area contributed by atoms with Crippen LogP contribution < -0.4 is 5.32 Å². The number of nitrogens with one attached hydrogen (secondary N) is 1. The third-order valence-electron chi connectivity index (χ3n) is 3.05. The highest BCUT2D eigenvalue weighted by Gasteiger charge is 2.13. The van der Waals surface area contributed by atoms with Crippen molar-refractivity contribution >= 4 is 0 Å². The van der Waals surface area contributed by atoms with Gasteiger partial charge in [-0.25, -0.2) is 8.78 Å². The van der Waals surface area contributed by atoms with E-state index < -0.39 is 11.6 Å². The number of rotatable bonds is 6. The van der Waals surface area contributed by atoms with E-state index in [1.54, 1.807) is 6.20 Å². The number of nitrogens with zero attached hydrogens (tertiary/aromatic N) is 1. The summed E-state index contributed by atoms with van der Waals surface area (Å²) in [5, 5.41) is 3.37. The molecule has 0 fully saturated rings. The third kappa shape index (κ3) is 4.10. The minimum Gasteiger partial charge on any atom is -0.308 e. The van der Waals surface area contributed by atoms with Crippen molar-refractivity contribution in [3.63, 3.8) is 0 Å². The number of pyridine rings is 1. The van der Waals surface area contributed by atoms with Crippen molar-refractivity contribution in [3.05, 3.63) is 65.5 Å². The summed E-state index contributed by atoms with van der Waals surface area (Å²) < 4.78 is 26.5. The lowest BCUT2D eigenvalue weighted by molar-refractivity contribution is 0.512. The van der Waals surface area contributed by atoms with Crippen LogP contribution in [0.5, 0.6) is 0 Å². The number of hydrogen-bond acceptors (Lipinski definition) is 2. The maximum Gasteiger partial charge on any atom is 0.126 e. The van der Waals surface area contributed by atoms with Crippen molar-refractivity contribution in [2.24, 2.45) is 0 Å². The Labute approximate surface area is 117 Å². The van der Waals surface area contributed by atoms with Crippen molar-refractivity contribution in [3.8, 4) is 0 Å². The van der Waals surface area contributed by atoms with Gasteiger partial charge in [-0.15, -0.1) is 0 Å². The topological polar surface area (TPSA) is 24.9 Å². The van der Waals surface area contributed by atoms with Crippen molar-refractivity contribution in [2.75, 3.05) is 6.54 Å². The zero-order chi connectivity index (χ0) is 14.4. The molecule has 2 rings (SSSR count). The van der Waals surface area contributed by atoms with Gasteiger partial charge in [0.25, 0.3) is 0 Å². The molecule has 2 nitrogen and oxygen atoms in total. The molecule has 0 aliphatic heterocycles. The first-order valence-electron chi connectivity index (χ1n) is 6.78. The summed E-state index contributed by atoms with van der Waals surface area (Å²) in [6.45, 7) is 2.91. The smallest absolute Gasteiger partial charge is 0.126 e. The van der Waals surface area contributed by atoms with E-state index in [0.717, 1.165) is 24.7 Å². The molecular formula is C16H18F2N2. The van der Waals surface area contributed by atoms with Gasteiger partial charge < -0.3 is 5.32 Å². The Balaban J connectivity index is 2.19. The molecule has 0 saturated carbocycles. The second-order valence-electron chi connectivity index (χ2n) is 4.74. The molecule has 1 aromatic carbocycles. The van der Waals surface area contributed by atoms with Crippen molar-refractivity contribution in [1.82, 2.24) is 10.3 Å². The molecule has 0 saturated heterocycles. The maximum atomic E-state index is 13.3. The van der Waals surface area contributed by atoms with E-state index >= 15 is 0 Å². The van der Waals surface area contributed by atoms with Crippen LogP contribution >= 0.6 is 0 Å². The highest BCUT2D eigenvalue weighted by Crippen LogP contribution is 2.18. The van der Waals surface area contributed by atoms with Crippen LogP contribution in [0.2, 0.25) is 0 Å². The minimum atomic E-state index is -0.546. The van der Waals surface area contributed by atoms with E-state index in [2.05, 4.69) is 17.2 Å². The lowest BCUT2D eigenvalue weighted by Gasteiger charge is -2.18. The van der Waals surface area contributed by atoms with Crippen LogP contribution in [0.3, 0.4) is 0 Å². The maximum absolute atomic E-state index is 13.3. The Bertz CT molecular complexity index is 523. The summed E-state index contributed by atoms with van der Waals surface area (Å²) in [6.07, 6.45) is 3.22. The van der Waals surface area contributed by atoms with Crippen LogP contribution in [0.1, 0.15) is 30.6 Å². The zero-order valence-electron chi connectivity index (χ0n) is 11.4. The number of halogens is 2. The molecule has 106 valence electrons. The lowest BCUT2D eigenvalue weighted by atomic mass is 10.0. The third-order valence-corrected chi connectivity index (χ3v) is 3.05. The molecule has 0 aliphatic rings. The number of hydrogen-bond donors (Lipinski definition) is 1. The fourth-order valence-corrected chi connectivity index (χ4v) is 2.15. The molecule has 0 amide bonds. The summed E-state index contributed by atoms with van der Waals surface area (Å²) in [6, 6.07) is 9.26. The molecule has 1 N–H and O–H groups in total. The van der Waals surface area contributed by atoms with Gasteiger partial charge in [0.15, 0.2) is 0 Å². The quantitative estimate of drug-likeness (QED) is 0.871. The molecule has 20 heavy (non-hydrogen) atoms. The fraction of sp³-hybridized carbons (Fsp3) is 0.312. The SMILES string of the molecule is CCCNC(Cc1cc(F)cc(F)c1)c1ccccn1. The fourth-order valence-electron chi connectivity index (χ4n) is 2.15. The van der Waals surface area contributed by atoms with Gasteiger partial charge in [0.1, 0.15) is 11.6 Å². The molecule has 1 heterocycles. The Kier molecular flexibility index (Phi) is 5.18. The molecule has 0 bridgehead atoms. The van der Waals surface area contributed by atoms with E-state index in [1.807, 2.05) is 18.2 Å². The van der Waals surface area contributed by atoms with Gasteiger partial charge in [-0.05, 0) is 49.2 Å². The monoisotopic (exact) mass is 276 g/mol. The number of benzene rings is 1. The van der Waals surface area contributed by atoms with Gasteiger partial charge in [0.05, 0.1) is 11.7 Å². The predicted octanol–water partition coefficient (Wildman–Crippen LogP) is 3.64. The van der Waals surface area contributed by atoms with E-state index in [9.17, 15) is 8.78 Å². The van der Waals surface area contributed by atoms with Gasteiger partial charge in [0.2, 0.25) is 0 Å². The Morgan fingerprint density at radius 3 is 2.50 bits per heavy atom. The summed E-state index contributed by atoms with van der Waals surface area (Å²) >= 11 is 0. The standard InChI is InChI=1S/C16H18F2N2/c1-2-6-19-16(15-5-3-4-7-20-15)10-12-8-13(17)11-14(18)9-12/h3-5,7-9,11,16,19H,2,6,10H2,1H3. The highest BCUT2D eigenvalue weighted by molar-refractivity contribution is 5.21. The normalized spacial score (nSPS) is 12.3. The van der Waals surface area contributed by atoms with Gasteiger partial charge in [-0.3, -0.25) is 4.98 Å². The lowest BCUT2D eigenvalue weighted by Crippen LogP contribution is -2.25. The van der Waals surface area contributed by atoms with Gasteiger partial charge in [0, 0.05) is 12.3 Å². The van der Waals surface area contributed by atoms with Gasteiger partial charge >= 0.3 is 0 Å². The molecular weight excluding hydrogens is 258 g/mol. The van der Waals surface area contributed by atoms with Crippen LogP contribution in [0.25, 0.3) is 0 Å². The first-order valence-corrected chi connectivity index (χ1v) is 6.78. The van der Waals surface area contributed by atoms with Crippen LogP contribution in [0.15, 0.2) is 42.6 Å². The van der Waals surface area contributed by atoms with E-state index in [4.69, 9.17) is 0 Å². The first-order chi connectivity index (χ1) is 9.69. The van der Waals surface area contributed by atoms with Gasteiger partial charge in [-0.1, -0.05) is 13.0 Å². The van der Waals surface area contributed by atoms with Gasteiger partial charge in [-0.2, -0.15) is 0 Å². The number of aromatic nitrogens is 1. The molecule has 0 aliphatic carbocycles. The highest BCUT2D eigenvalue weighted by atomic mass is 19.1. The Morgan fingerprint density at radius 1 is 1.15 bits per heavy atom. The predicted molar refractivity (Wildman–Crippen MR) is 75.3 cm³/mol. The molecule has 1 aromatic heterocycles. The van der Waals surface area contributed by atoms with E-state index in [1.165, 1.54) is 12.1 Å². The van der Waals surface area contributed by atoms with Crippen molar-refractivity contribution in [1.29, 1.82) is 0 Å². The zero-order valence-corrected chi connectivity index (χ0v) is 11.4. The summed E-state index contributed by atoms with van der Waals surface area (Å²) in [5.74, 6) is -1.09. The molecule has 2 aromatic rings. The second-order valence-corrected chi connectivity index (χ2v) is 4.74. The average Bonchev–Trinajstić information content (AvgIpc) is 2.43. The van der Waals surface area contributed by atoms with E-state index in [0.29, 0.717) is 12.0 Å². The largest absolute Gasteiger partial charge is 0.308 e. The Hall–Kier alpha value is -1.81. The molecule has 4 heteroatoms. The average molecular weight is 276 g/mol. The van der Waals surface area contributed by atoms with Crippen molar-refractivity contribution < 1.29 is 8.78 Å². The molecule has 0 spiro atoms. The second kappa shape index (κ2) is 7.10. The summed E-state index contributed by atoms with van der Waals surface area (Å²) in [5.41, 5.74) is 1.51. The molecule has 1 atom stereocenters. The van der Waals surface area contributed by atoms with Crippen LogP contribution in [-0.4, -0.2) is 11.5 Å². The Morgan fingerprint density at radius 2 is 1.90 bits per heavy atom. The van der Waals surface area contributed by atoms with Crippen LogP contribution in [0, 0.1) is 11.6 Å². The molecule has 0 radical (unpaired) electrons. The van der Waals surface area contributed by atoms with Crippen molar-refractivity contribution in [2.45, 2.75) is 25.8 Å². The van der Waals surface area contributed by atoms with Crippen LogP contribution in [0.4, 0.5) is 8.78 Å². The summed E-state index contributed by atoms with van der Waals surface area (Å²) in [7, 11) is 0. The minimum absolute atomic E-state index is 0.0441. The first kappa shape index (κ1) is 14.6. The summed E-state index contributed by atoms with van der Waals surface area (Å²) in [4.78, 5) is 4.32. The van der Waals surface area contributed by atoms with Crippen LogP contribution in [-0.2, 0) is 6.42 Å². The molecule has 1 unspecified atom stereocenters.